The summed E-state index contributed by atoms with van der Waals surface area (Å²) in [5, 5.41) is 0. The Balaban J connectivity index is 2.52. The number of hydrogen-bond acceptors (Lipinski definition) is 0. The van der Waals surface area contributed by atoms with Crippen LogP contribution in [0, 0.1) is 5.92 Å². The second-order valence-electron chi connectivity index (χ2n) is 4.10. The standard InChI is InChI=1S/C8H18N/c1-6(2)8-7(3)9(8,4)5/h6-8H,1-5H3/q+1/t7-,8+/m0/s1. The van der Waals surface area contributed by atoms with Gasteiger partial charge in [0.2, 0.25) is 0 Å². The van der Waals surface area contributed by atoms with Crippen LogP contribution in [-0.4, -0.2) is 30.7 Å². The number of hydrogen-bond donors (Lipinski definition) is 0. The first-order valence-corrected chi connectivity index (χ1v) is 3.81. The molecular weight excluding hydrogens is 110 g/mol. The largest absolute Gasteiger partial charge is 0.314 e. The minimum atomic E-state index is 0.856. The quantitative estimate of drug-likeness (QED) is 0.371. The van der Waals surface area contributed by atoms with E-state index in [1.807, 2.05) is 0 Å². The van der Waals surface area contributed by atoms with Gasteiger partial charge in [-0.3, -0.25) is 0 Å². The first kappa shape index (κ1) is 7.07. The highest BCUT2D eigenvalue weighted by Gasteiger charge is 2.58. The first-order chi connectivity index (χ1) is 3.98. The molecule has 0 bridgehead atoms. The minimum Gasteiger partial charge on any atom is -0.314 e. The molecule has 0 unspecified atom stereocenters. The summed E-state index contributed by atoms with van der Waals surface area (Å²) in [4.78, 5) is 0. The Hall–Kier alpha value is -0.0400. The zero-order valence-corrected chi connectivity index (χ0v) is 7.18. The molecule has 1 heteroatoms. The van der Waals surface area contributed by atoms with E-state index in [9.17, 15) is 0 Å². The van der Waals surface area contributed by atoms with Gasteiger partial charge in [0.1, 0.15) is 12.1 Å². The monoisotopic (exact) mass is 128 g/mol. The first-order valence-electron chi connectivity index (χ1n) is 3.81. The van der Waals surface area contributed by atoms with E-state index in [1.54, 1.807) is 0 Å². The maximum Gasteiger partial charge on any atom is 0.143 e. The highest BCUT2D eigenvalue weighted by atomic mass is 15.5. The Labute approximate surface area is 58.3 Å². The van der Waals surface area contributed by atoms with E-state index < -0.39 is 0 Å². The average Bonchev–Trinajstić information content (AvgIpc) is 2.07. The topological polar surface area (TPSA) is 0 Å². The summed E-state index contributed by atoms with van der Waals surface area (Å²) in [5.41, 5.74) is 0. The van der Waals surface area contributed by atoms with E-state index in [4.69, 9.17) is 0 Å². The van der Waals surface area contributed by atoms with Crippen LogP contribution in [0.5, 0.6) is 0 Å². The molecule has 0 aromatic rings. The van der Waals surface area contributed by atoms with Crippen molar-refractivity contribution in [2.45, 2.75) is 32.9 Å². The normalized spacial score (nSPS) is 39.3. The predicted octanol–water partition coefficient (Wildman–Crippen LogP) is 1.49. The van der Waals surface area contributed by atoms with E-state index in [1.165, 1.54) is 4.48 Å². The van der Waals surface area contributed by atoms with Crippen LogP contribution in [0.2, 0.25) is 0 Å². The van der Waals surface area contributed by atoms with E-state index in [-0.39, 0.29) is 0 Å². The van der Waals surface area contributed by atoms with Crippen LogP contribution in [0.3, 0.4) is 0 Å². The Morgan fingerprint density at radius 3 is 1.56 bits per heavy atom. The van der Waals surface area contributed by atoms with Crippen molar-refractivity contribution in [3.05, 3.63) is 0 Å². The van der Waals surface area contributed by atoms with Crippen molar-refractivity contribution in [3.63, 3.8) is 0 Å². The zero-order chi connectivity index (χ0) is 7.23. The smallest absolute Gasteiger partial charge is 0.143 e. The van der Waals surface area contributed by atoms with Gasteiger partial charge >= 0.3 is 0 Å². The molecule has 0 amide bonds. The summed E-state index contributed by atoms with van der Waals surface area (Å²) >= 11 is 0. The molecule has 9 heavy (non-hydrogen) atoms. The van der Waals surface area contributed by atoms with Crippen molar-refractivity contribution < 1.29 is 4.48 Å². The molecule has 1 aliphatic rings. The van der Waals surface area contributed by atoms with Crippen LogP contribution >= 0.6 is 0 Å². The second-order valence-corrected chi connectivity index (χ2v) is 4.10. The molecule has 0 spiro atoms. The molecule has 0 N–H and O–H groups in total. The lowest BCUT2D eigenvalue weighted by Gasteiger charge is -2.07. The molecular formula is C8H18N+. The van der Waals surface area contributed by atoms with Gasteiger partial charge in [-0.2, -0.15) is 0 Å². The van der Waals surface area contributed by atoms with Crippen molar-refractivity contribution in [2.24, 2.45) is 5.92 Å². The third-order valence-electron chi connectivity index (χ3n) is 2.91. The predicted molar refractivity (Wildman–Crippen MR) is 40.2 cm³/mol. The molecule has 1 rings (SSSR count). The Bertz CT molecular complexity index is 116. The maximum atomic E-state index is 2.34. The van der Waals surface area contributed by atoms with Gasteiger partial charge < -0.3 is 4.48 Å². The third kappa shape index (κ3) is 0.877. The molecule has 1 nitrogen and oxygen atoms in total. The molecule has 1 fully saturated rings. The number of quaternary nitrogens is 1. The molecule has 0 aliphatic carbocycles. The summed E-state index contributed by atoms with van der Waals surface area (Å²) in [6.45, 7) is 6.97. The summed E-state index contributed by atoms with van der Waals surface area (Å²) in [5.74, 6) is 0.856. The van der Waals surface area contributed by atoms with Crippen molar-refractivity contribution in [2.75, 3.05) is 14.1 Å². The van der Waals surface area contributed by atoms with E-state index in [2.05, 4.69) is 34.9 Å². The number of likely N-dealkylation sites (N-methyl/N-ethyl adjacent to an activating group) is 1. The summed E-state index contributed by atoms with van der Waals surface area (Å²) in [6, 6.07) is 1.81. The second kappa shape index (κ2) is 1.72. The van der Waals surface area contributed by atoms with E-state index in [0.717, 1.165) is 18.0 Å². The van der Waals surface area contributed by atoms with Gasteiger partial charge in [0.25, 0.3) is 0 Å². The van der Waals surface area contributed by atoms with Crippen LogP contribution in [0.25, 0.3) is 0 Å². The lowest BCUT2D eigenvalue weighted by atomic mass is 10.1. The zero-order valence-electron chi connectivity index (χ0n) is 7.18. The SMILES string of the molecule is CC(C)[C@@H]1[C@H](C)[N+]1(C)C. The van der Waals surface area contributed by atoms with Crippen LogP contribution in [-0.2, 0) is 0 Å². The van der Waals surface area contributed by atoms with Gasteiger partial charge in [-0.05, 0) is 6.92 Å². The van der Waals surface area contributed by atoms with E-state index >= 15 is 0 Å². The fourth-order valence-electron chi connectivity index (χ4n) is 2.15. The van der Waals surface area contributed by atoms with Crippen LogP contribution in [0.15, 0.2) is 0 Å². The van der Waals surface area contributed by atoms with Crippen LogP contribution in [0.1, 0.15) is 20.8 Å². The summed E-state index contributed by atoms with van der Waals surface area (Å²) < 4.78 is 1.23. The van der Waals surface area contributed by atoms with Crippen molar-refractivity contribution >= 4 is 0 Å². The number of nitrogens with zero attached hydrogens (tertiary/aromatic N) is 1. The van der Waals surface area contributed by atoms with Crippen LogP contribution < -0.4 is 0 Å². The molecule has 1 heterocycles. The van der Waals surface area contributed by atoms with Gasteiger partial charge in [-0.25, -0.2) is 0 Å². The molecule has 0 radical (unpaired) electrons. The molecule has 1 aliphatic heterocycles. The summed E-state index contributed by atoms with van der Waals surface area (Å²) in [6.07, 6.45) is 0. The summed E-state index contributed by atoms with van der Waals surface area (Å²) in [7, 11) is 4.63. The highest BCUT2D eigenvalue weighted by molar-refractivity contribution is 4.83. The molecule has 0 aromatic heterocycles. The highest BCUT2D eigenvalue weighted by Crippen LogP contribution is 2.39. The van der Waals surface area contributed by atoms with Gasteiger partial charge in [0, 0.05) is 5.92 Å². The molecule has 2 atom stereocenters. The Morgan fingerprint density at radius 2 is 1.56 bits per heavy atom. The van der Waals surface area contributed by atoms with Crippen molar-refractivity contribution in [1.82, 2.24) is 0 Å². The van der Waals surface area contributed by atoms with Gasteiger partial charge in [-0.15, -0.1) is 0 Å². The Morgan fingerprint density at radius 1 is 1.22 bits per heavy atom. The fraction of sp³-hybridized carbons (Fsp3) is 1.00. The lowest BCUT2D eigenvalue weighted by molar-refractivity contribution is -0.784. The van der Waals surface area contributed by atoms with Gasteiger partial charge in [0.15, 0.2) is 0 Å². The van der Waals surface area contributed by atoms with Gasteiger partial charge in [-0.1, -0.05) is 13.8 Å². The fourth-order valence-corrected chi connectivity index (χ4v) is 2.15. The molecule has 1 saturated heterocycles. The third-order valence-corrected chi connectivity index (χ3v) is 2.91. The van der Waals surface area contributed by atoms with Crippen LogP contribution in [0.4, 0.5) is 0 Å². The number of rotatable bonds is 1. The molecule has 0 saturated carbocycles. The average molecular weight is 128 g/mol. The minimum absolute atomic E-state index is 0.856. The molecule has 54 valence electrons. The maximum absolute atomic E-state index is 2.34. The van der Waals surface area contributed by atoms with E-state index in [0.29, 0.717) is 0 Å². The van der Waals surface area contributed by atoms with Gasteiger partial charge in [0.05, 0.1) is 14.1 Å². The molecule has 0 aromatic carbocycles. The van der Waals surface area contributed by atoms with Crippen molar-refractivity contribution in [1.29, 1.82) is 0 Å². The Kier molecular flexibility index (Phi) is 1.35. The van der Waals surface area contributed by atoms with Crippen molar-refractivity contribution in [3.8, 4) is 0 Å². The lowest BCUT2D eigenvalue weighted by Crippen LogP contribution is -2.20.